The average Bonchev–Trinajstić information content (AvgIpc) is 2.83. The monoisotopic (exact) mass is 285 g/mol. The maximum absolute atomic E-state index is 12.2. The summed E-state index contributed by atoms with van der Waals surface area (Å²) < 4.78 is 5.43. The molecule has 0 aromatic carbocycles. The van der Waals surface area contributed by atoms with Gasteiger partial charge in [0.05, 0.1) is 25.0 Å². The van der Waals surface area contributed by atoms with Crippen molar-refractivity contribution < 1.29 is 9.53 Å². The Kier molecular flexibility index (Phi) is 5.03. The molecular formula is C11H19N5O2S. The summed E-state index contributed by atoms with van der Waals surface area (Å²) in [6.45, 7) is 4.03. The first kappa shape index (κ1) is 14.1. The minimum absolute atomic E-state index is 0.107. The fourth-order valence-corrected chi connectivity index (χ4v) is 2.78. The van der Waals surface area contributed by atoms with Gasteiger partial charge in [0, 0.05) is 6.54 Å². The van der Waals surface area contributed by atoms with E-state index in [1.54, 1.807) is 0 Å². The lowest BCUT2D eigenvalue weighted by atomic mass is 10.1. The Morgan fingerprint density at radius 3 is 3.21 bits per heavy atom. The molecule has 1 saturated heterocycles. The molecule has 19 heavy (non-hydrogen) atoms. The number of hydrogen-bond acceptors (Lipinski definition) is 6. The summed E-state index contributed by atoms with van der Waals surface area (Å²) in [6, 6.07) is 0.198. The third-order valence-corrected chi connectivity index (χ3v) is 3.81. The van der Waals surface area contributed by atoms with E-state index in [0.717, 1.165) is 12.8 Å². The first-order valence-corrected chi connectivity index (χ1v) is 7.37. The summed E-state index contributed by atoms with van der Waals surface area (Å²) in [5.74, 6) is 0.706. The predicted octanol–water partition coefficient (Wildman–Crippen LogP) is 0.507. The molecule has 1 aromatic heterocycles. The van der Waals surface area contributed by atoms with Crippen molar-refractivity contribution in [3.63, 3.8) is 0 Å². The van der Waals surface area contributed by atoms with Crippen LogP contribution in [-0.2, 0) is 9.53 Å². The molecule has 8 heteroatoms. The van der Waals surface area contributed by atoms with Gasteiger partial charge in [0.1, 0.15) is 0 Å². The number of rotatable bonds is 5. The van der Waals surface area contributed by atoms with Crippen LogP contribution in [-0.4, -0.2) is 57.5 Å². The second kappa shape index (κ2) is 6.76. The van der Waals surface area contributed by atoms with Crippen molar-refractivity contribution >= 4 is 23.6 Å². The van der Waals surface area contributed by atoms with Gasteiger partial charge in [-0.05, 0) is 6.42 Å². The van der Waals surface area contributed by atoms with Crippen molar-refractivity contribution in [3.05, 3.63) is 0 Å². The van der Waals surface area contributed by atoms with Gasteiger partial charge in [-0.25, -0.2) is 5.10 Å². The van der Waals surface area contributed by atoms with Crippen LogP contribution in [0.2, 0.25) is 0 Å². The lowest BCUT2D eigenvalue weighted by Crippen LogP contribution is -2.49. The standard InChI is InChI=1S/C11H19N5O2S/c1-2-3-8-6-18-5-4-16(8)9(17)7-19-11-13-10(12)14-15-11/h8H,2-7H2,1H3,(H3,12,13,14,15). The van der Waals surface area contributed by atoms with Gasteiger partial charge >= 0.3 is 0 Å². The van der Waals surface area contributed by atoms with Gasteiger partial charge in [0.2, 0.25) is 17.0 Å². The highest BCUT2D eigenvalue weighted by Gasteiger charge is 2.26. The van der Waals surface area contributed by atoms with Gasteiger partial charge in [0.25, 0.3) is 0 Å². The number of ether oxygens (including phenoxy) is 1. The highest BCUT2D eigenvalue weighted by atomic mass is 32.2. The van der Waals surface area contributed by atoms with E-state index in [1.807, 2.05) is 4.90 Å². The number of morpholine rings is 1. The minimum Gasteiger partial charge on any atom is -0.377 e. The van der Waals surface area contributed by atoms with E-state index >= 15 is 0 Å². The maximum Gasteiger partial charge on any atom is 0.233 e. The molecule has 1 atom stereocenters. The number of thioether (sulfide) groups is 1. The number of carbonyl (C=O) groups is 1. The molecule has 7 nitrogen and oxygen atoms in total. The van der Waals surface area contributed by atoms with E-state index in [0.29, 0.717) is 30.7 Å². The van der Waals surface area contributed by atoms with Crippen LogP contribution in [0.5, 0.6) is 0 Å². The van der Waals surface area contributed by atoms with Crippen LogP contribution in [0.3, 0.4) is 0 Å². The molecule has 1 unspecified atom stereocenters. The molecule has 2 rings (SSSR count). The Balaban J connectivity index is 1.86. The molecule has 1 aliphatic heterocycles. The molecule has 1 aromatic rings. The van der Waals surface area contributed by atoms with E-state index in [1.165, 1.54) is 11.8 Å². The number of nitrogens with one attached hydrogen (secondary N) is 1. The summed E-state index contributed by atoms with van der Waals surface area (Å²) >= 11 is 1.30. The smallest absolute Gasteiger partial charge is 0.233 e. The normalized spacial score (nSPS) is 19.6. The summed E-state index contributed by atoms with van der Waals surface area (Å²) in [4.78, 5) is 18.1. The maximum atomic E-state index is 12.2. The topological polar surface area (TPSA) is 97.1 Å². The number of nitrogens with zero attached hydrogens (tertiary/aromatic N) is 3. The lowest BCUT2D eigenvalue weighted by molar-refractivity contribution is -0.137. The molecule has 0 saturated carbocycles. The van der Waals surface area contributed by atoms with Crippen molar-refractivity contribution in [2.75, 3.05) is 31.2 Å². The van der Waals surface area contributed by atoms with Gasteiger partial charge in [0.15, 0.2) is 0 Å². The Morgan fingerprint density at radius 1 is 1.68 bits per heavy atom. The highest BCUT2D eigenvalue weighted by molar-refractivity contribution is 7.99. The van der Waals surface area contributed by atoms with Crippen molar-refractivity contribution in [2.45, 2.75) is 31.0 Å². The lowest BCUT2D eigenvalue weighted by Gasteiger charge is -2.35. The zero-order valence-corrected chi connectivity index (χ0v) is 11.8. The van der Waals surface area contributed by atoms with Gasteiger partial charge in [-0.1, -0.05) is 25.1 Å². The first-order valence-electron chi connectivity index (χ1n) is 6.38. The number of H-pyrrole nitrogens is 1. The van der Waals surface area contributed by atoms with Crippen LogP contribution in [0.1, 0.15) is 19.8 Å². The summed E-state index contributed by atoms with van der Waals surface area (Å²) in [5.41, 5.74) is 5.44. The van der Waals surface area contributed by atoms with E-state index in [4.69, 9.17) is 10.5 Å². The Morgan fingerprint density at radius 2 is 2.53 bits per heavy atom. The Labute approximate surface area is 116 Å². The summed E-state index contributed by atoms with van der Waals surface area (Å²) in [6.07, 6.45) is 2.02. The number of aromatic nitrogens is 3. The molecule has 0 bridgehead atoms. The van der Waals surface area contributed by atoms with E-state index in [9.17, 15) is 4.79 Å². The van der Waals surface area contributed by atoms with E-state index < -0.39 is 0 Å². The van der Waals surface area contributed by atoms with Crippen LogP contribution in [0.4, 0.5) is 5.95 Å². The molecule has 0 radical (unpaired) electrons. The zero-order valence-electron chi connectivity index (χ0n) is 11.0. The Hall–Kier alpha value is -1.28. The molecule has 0 aliphatic carbocycles. The van der Waals surface area contributed by atoms with Gasteiger partial charge in [-0.3, -0.25) is 4.79 Å². The molecule has 1 aliphatic rings. The number of nitrogen functional groups attached to an aromatic ring is 1. The van der Waals surface area contributed by atoms with Crippen LogP contribution in [0.25, 0.3) is 0 Å². The average molecular weight is 285 g/mol. The van der Waals surface area contributed by atoms with E-state index in [2.05, 4.69) is 22.1 Å². The Bertz CT molecular complexity index is 423. The predicted molar refractivity (Wildman–Crippen MR) is 72.7 cm³/mol. The van der Waals surface area contributed by atoms with Crippen LogP contribution in [0, 0.1) is 0 Å². The molecule has 106 valence electrons. The zero-order chi connectivity index (χ0) is 13.7. The first-order chi connectivity index (χ1) is 9.20. The number of aromatic amines is 1. The third-order valence-electron chi connectivity index (χ3n) is 2.98. The van der Waals surface area contributed by atoms with Crippen molar-refractivity contribution in [1.82, 2.24) is 20.1 Å². The quantitative estimate of drug-likeness (QED) is 0.765. The SMILES string of the molecule is CCCC1COCCN1C(=O)CSc1n[nH]c(N)n1. The van der Waals surface area contributed by atoms with E-state index in [-0.39, 0.29) is 17.9 Å². The third kappa shape index (κ3) is 3.84. The second-order valence-corrected chi connectivity index (χ2v) is 5.34. The molecule has 0 spiro atoms. The number of nitrogens with two attached hydrogens (primary N) is 1. The number of hydrogen-bond donors (Lipinski definition) is 2. The number of anilines is 1. The fraction of sp³-hybridized carbons (Fsp3) is 0.727. The molecule has 3 N–H and O–H groups in total. The highest BCUT2D eigenvalue weighted by Crippen LogP contribution is 2.17. The fourth-order valence-electron chi connectivity index (χ4n) is 2.09. The van der Waals surface area contributed by atoms with Crippen molar-refractivity contribution in [1.29, 1.82) is 0 Å². The van der Waals surface area contributed by atoms with Crippen LogP contribution < -0.4 is 5.73 Å². The van der Waals surface area contributed by atoms with Gasteiger partial charge in [-0.2, -0.15) is 4.98 Å². The molecule has 1 amide bonds. The number of carbonyl (C=O) groups excluding carboxylic acids is 1. The van der Waals surface area contributed by atoms with Gasteiger partial charge < -0.3 is 15.4 Å². The van der Waals surface area contributed by atoms with Crippen LogP contribution >= 0.6 is 11.8 Å². The number of amides is 1. The largest absolute Gasteiger partial charge is 0.377 e. The van der Waals surface area contributed by atoms with Gasteiger partial charge in [-0.15, -0.1) is 5.10 Å². The molecule has 2 heterocycles. The summed E-state index contributed by atoms with van der Waals surface area (Å²) in [7, 11) is 0. The van der Waals surface area contributed by atoms with Crippen LogP contribution in [0.15, 0.2) is 5.16 Å². The minimum atomic E-state index is 0.107. The molecule has 1 fully saturated rings. The summed E-state index contributed by atoms with van der Waals surface area (Å²) in [5, 5.41) is 6.95. The van der Waals surface area contributed by atoms with Crippen molar-refractivity contribution in [2.24, 2.45) is 0 Å². The van der Waals surface area contributed by atoms with Crippen molar-refractivity contribution in [3.8, 4) is 0 Å². The molecular weight excluding hydrogens is 266 g/mol. The second-order valence-electron chi connectivity index (χ2n) is 4.40.